The SMILES string of the molecule is CCCC1CCC(NC2CC(=O)N(C(C)C)C2=O)CC1. The summed E-state index contributed by atoms with van der Waals surface area (Å²) < 4.78 is 0. The van der Waals surface area contributed by atoms with Crippen LogP contribution in [0.2, 0.25) is 0 Å². The normalized spacial score (nSPS) is 31.4. The maximum Gasteiger partial charge on any atom is 0.247 e. The van der Waals surface area contributed by atoms with Gasteiger partial charge >= 0.3 is 0 Å². The van der Waals surface area contributed by atoms with Gasteiger partial charge in [0.25, 0.3) is 0 Å². The van der Waals surface area contributed by atoms with Gasteiger partial charge < -0.3 is 5.32 Å². The first-order chi connectivity index (χ1) is 9.52. The van der Waals surface area contributed by atoms with Crippen LogP contribution in [-0.2, 0) is 9.59 Å². The molecule has 1 saturated heterocycles. The molecule has 2 amide bonds. The number of hydrogen-bond acceptors (Lipinski definition) is 3. The van der Waals surface area contributed by atoms with E-state index in [9.17, 15) is 9.59 Å². The van der Waals surface area contributed by atoms with E-state index in [1.165, 1.54) is 30.6 Å². The second kappa shape index (κ2) is 6.70. The summed E-state index contributed by atoms with van der Waals surface area (Å²) in [6.45, 7) is 6.04. The van der Waals surface area contributed by atoms with Gasteiger partial charge in [-0.15, -0.1) is 0 Å². The van der Waals surface area contributed by atoms with E-state index < -0.39 is 0 Å². The van der Waals surface area contributed by atoms with Gasteiger partial charge in [-0.05, 0) is 45.4 Å². The molecule has 0 aromatic rings. The van der Waals surface area contributed by atoms with Crippen molar-refractivity contribution >= 4 is 11.8 Å². The van der Waals surface area contributed by atoms with E-state index in [1.54, 1.807) is 0 Å². The van der Waals surface area contributed by atoms with E-state index in [-0.39, 0.29) is 23.9 Å². The minimum absolute atomic E-state index is 0.0258. The average molecular weight is 280 g/mol. The Morgan fingerprint density at radius 2 is 1.85 bits per heavy atom. The Kier molecular flexibility index (Phi) is 5.19. The van der Waals surface area contributed by atoms with Crippen LogP contribution in [0.25, 0.3) is 0 Å². The Labute approximate surface area is 122 Å². The second-order valence-electron chi connectivity index (χ2n) is 6.63. The largest absolute Gasteiger partial charge is 0.303 e. The van der Waals surface area contributed by atoms with Crippen LogP contribution in [0.15, 0.2) is 0 Å². The number of nitrogens with zero attached hydrogens (tertiary/aromatic N) is 1. The van der Waals surface area contributed by atoms with Crippen LogP contribution in [0, 0.1) is 5.92 Å². The van der Waals surface area contributed by atoms with Crippen LogP contribution in [0.1, 0.15) is 65.7 Å². The number of carbonyl (C=O) groups is 2. The van der Waals surface area contributed by atoms with Crippen LogP contribution in [0.5, 0.6) is 0 Å². The molecule has 1 unspecified atom stereocenters. The van der Waals surface area contributed by atoms with Gasteiger partial charge in [0.05, 0.1) is 12.5 Å². The van der Waals surface area contributed by atoms with Crippen LogP contribution in [-0.4, -0.2) is 34.8 Å². The molecule has 2 rings (SSSR count). The fourth-order valence-electron chi connectivity index (χ4n) is 3.63. The van der Waals surface area contributed by atoms with Gasteiger partial charge in [0, 0.05) is 12.1 Å². The number of amides is 2. The smallest absolute Gasteiger partial charge is 0.247 e. The zero-order chi connectivity index (χ0) is 14.7. The molecule has 114 valence electrons. The molecule has 20 heavy (non-hydrogen) atoms. The molecule has 0 aromatic carbocycles. The minimum Gasteiger partial charge on any atom is -0.303 e. The van der Waals surface area contributed by atoms with Crippen molar-refractivity contribution in [2.45, 2.75) is 83.8 Å². The predicted octanol–water partition coefficient (Wildman–Crippen LogP) is 2.47. The first-order valence-electron chi connectivity index (χ1n) is 8.14. The van der Waals surface area contributed by atoms with Crippen LogP contribution >= 0.6 is 0 Å². The maximum atomic E-state index is 12.2. The number of hydrogen-bond donors (Lipinski definition) is 1. The van der Waals surface area contributed by atoms with E-state index in [2.05, 4.69) is 12.2 Å². The third-order valence-electron chi connectivity index (χ3n) is 4.68. The molecule has 1 saturated carbocycles. The molecule has 1 heterocycles. The molecule has 4 nitrogen and oxygen atoms in total. The van der Waals surface area contributed by atoms with Gasteiger partial charge in [0.1, 0.15) is 0 Å². The van der Waals surface area contributed by atoms with Crippen molar-refractivity contribution in [1.82, 2.24) is 10.2 Å². The highest BCUT2D eigenvalue weighted by atomic mass is 16.2. The van der Waals surface area contributed by atoms with E-state index in [0.29, 0.717) is 12.5 Å². The third kappa shape index (κ3) is 3.40. The zero-order valence-corrected chi connectivity index (χ0v) is 13.0. The van der Waals surface area contributed by atoms with Gasteiger partial charge in [-0.25, -0.2) is 0 Å². The summed E-state index contributed by atoms with van der Waals surface area (Å²) in [5, 5.41) is 3.43. The lowest BCUT2D eigenvalue weighted by Gasteiger charge is -2.30. The molecule has 0 radical (unpaired) electrons. The molecule has 0 spiro atoms. The van der Waals surface area contributed by atoms with E-state index in [1.807, 2.05) is 13.8 Å². The maximum absolute atomic E-state index is 12.2. The summed E-state index contributed by atoms with van der Waals surface area (Å²) >= 11 is 0. The topological polar surface area (TPSA) is 49.4 Å². The van der Waals surface area contributed by atoms with Gasteiger partial charge in [-0.3, -0.25) is 14.5 Å². The van der Waals surface area contributed by atoms with Crippen molar-refractivity contribution < 1.29 is 9.59 Å². The second-order valence-corrected chi connectivity index (χ2v) is 6.63. The lowest BCUT2D eigenvalue weighted by atomic mass is 9.83. The Hall–Kier alpha value is -0.900. The van der Waals surface area contributed by atoms with Crippen molar-refractivity contribution in [2.75, 3.05) is 0 Å². The quantitative estimate of drug-likeness (QED) is 0.787. The van der Waals surface area contributed by atoms with Crippen molar-refractivity contribution in [3.8, 4) is 0 Å². The van der Waals surface area contributed by atoms with Crippen LogP contribution < -0.4 is 5.32 Å². The molecule has 1 atom stereocenters. The van der Waals surface area contributed by atoms with Gasteiger partial charge in [-0.2, -0.15) is 0 Å². The van der Waals surface area contributed by atoms with E-state index in [4.69, 9.17) is 0 Å². The first-order valence-corrected chi connectivity index (χ1v) is 8.14. The summed E-state index contributed by atoms with van der Waals surface area (Å²) in [5.74, 6) is 0.814. The fraction of sp³-hybridized carbons (Fsp3) is 0.875. The number of nitrogens with one attached hydrogen (secondary N) is 1. The lowest BCUT2D eigenvalue weighted by Crippen LogP contribution is -2.46. The highest BCUT2D eigenvalue weighted by molar-refractivity contribution is 6.05. The highest BCUT2D eigenvalue weighted by Gasteiger charge is 2.40. The molecular weight excluding hydrogens is 252 g/mol. The summed E-state index contributed by atoms with van der Waals surface area (Å²) in [5.41, 5.74) is 0. The average Bonchev–Trinajstić information content (AvgIpc) is 2.67. The van der Waals surface area contributed by atoms with Gasteiger partial charge in [0.15, 0.2) is 0 Å². The molecule has 0 aromatic heterocycles. The van der Waals surface area contributed by atoms with Crippen molar-refractivity contribution in [1.29, 1.82) is 0 Å². The molecule has 1 aliphatic heterocycles. The van der Waals surface area contributed by atoms with Crippen molar-refractivity contribution in [3.63, 3.8) is 0 Å². The summed E-state index contributed by atoms with van der Waals surface area (Å²) in [4.78, 5) is 25.5. The van der Waals surface area contributed by atoms with E-state index >= 15 is 0 Å². The molecule has 1 aliphatic carbocycles. The number of carbonyl (C=O) groups excluding carboxylic acids is 2. The molecule has 2 aliphatic rings. The summed E-state index contributed by atoms with van der Waals surface area (Å²) in [6.07, 6.45) is 7.74. The minimum atomic E-state index is -0.280. The molecule has 1 N–H and O–H groups in total. The first kappa shape index (κ1) is 15.5. The Balaban J connectivity index is 1.83. The third-order valence-corrected chi connectivity index (χ3v) is 4.68. The summed E-state index contributed by atoms with van der Waals surface area (Å²) in [7, 11) is 0. The number of imide groups is 1. The van der Waals surface area contributed by atoms with Gasteiger partial charge in [0.2, 0.25) is 11.8 Å². The Morgan fingerprint density at radius 3 is 2.35 bits per heavy atom. The molecule has 0 bridgehead atoms. The number of likely N-dealkylation sites (tertiary alicyclic amines) is 1. The molecular formula is C16H28N2O2. The Morgan fingerprint density at radius 1 is 1.20 bits per heavy atom. The predicted molar refractivity (Wildman–Crippen MR) is 79.2 cm³/mol. The number of rotatable bonds is 5. The molecule has 2 fully saturated rings. The standard InChI is InChI=1S/C16H28N2O2/c1-4-5-12-6-8-13(9-7-12)17-14-10-15(19)18(11(2)3)16(14)20/h11-14,17H,4-10H2,1-3H3. The highest BCUT2D eigenvalue weighted by Crippen LogP contribution is 2.28. The van der Waals surface area contributed by atoms with Crippen molar-refractivity contribution in [3.05, 3.63) is 0 Å². The fourth-order valence-corrected chi connectivity index (χ4v) is 3.63. The van der Waals surface area contributed by atoms with Crippen LogP contribution in [0.4, 0.5) is 0 Å². The Bertz CT molecular complexity index is 359. The van der Waals surface area contributed by atoms with Crippen LogP contribution in [0.3, 0.4) is 0 Å². The lowest BCUT2D eigenvalue weighted by molar-refractivity contribution is -0.140. The monoisotopic (exact) mass is 280 g/mol. The van der Waals surface area contributed by atoms with Gasteiger partial charge in [-0.1, -0.05) is 19.8 Å². The zero-order valence-electron chi connectivity index (χ0n) is 13.0. The molecule has 4 heteroatoms. The van der Waals surface area contributed by atoms with E-state index in [0.717, 1.165) is 18.8 Å². The van der Waals surface area contributed by atoms with Crippen molar-refractivity contribution in [2.24, 2.45) is 5.92 Å². The summed E-state index contributed by atoms with van der Waals surface area (Å²) in [6, 6.07) is 0.108.